The zero-order valence-corrected chi connectivity index (χ0v) is 8.83. The molecule has 3 nitrogen and oxygen atoms in total. The molecule has 4 heteroatoms. The van der Waals surface area contributed by atoms with Crippen LogP contribution in [0.3, 0.4) is 0 Å². The molecule has 0 saturated carbocycles. The Labute approximate surface area is 83.5 Å². The van der Waals surface area contributed by atoms with Crippen LogP contribution in [0.1, 0.15) is 13.8 Å². The molecular weight excluding hydrogens is 187 g/mol. The van der Waals surface area contributed by atoms with Crippen molar-refractivity contribution in [3.63, 3.8) is 0 Å². The summed E-state index contributed by atoms with van der Waals surface area (Å²) in [7, 11) is 1.60. The summed E-state index contributed by atoms with van der Waals surface area (Å²) < 4.78 is 30.4. The average molecular weight is 204 g/mol. The predicted octanol–water partition coefficient (Wildman–Crippen LogP) is 1.16. The fourth-order valence-electron chi connectivity index (χ4n) is 2.19. The second kappa shape index (κ2) is 3.43. The van der Waals surface area contributed by atoms with E-state index in [1.165, 1.54) is 0 Å². The number of rotatable bonds is 2. The van der Waals surface area contributed by atoms with Crippen LogP contribution in [0, 0.1) is 5.92 Å². The summed E-state index contributed by atoms with van der Waals surface area (Å²) in [5.41, 5.74) is -1.35. The topological polar surface area (TPSA) is 27.7 Å². The zero-order valence-electron chi connectivity index (χ0n) is 8.83. The molecule has 2 rings (SSSR count). The third-order valence-electron chi connectivity index (χ3n) is 3.34. The van der Waals surface area contributed by atoms with E-state index < -0.39 is 11.8 Å². The van der Waals surface area contributed by atoms with Crippen molar-refractivity contribution in [1.82, 2.24) is 0 Å². The molecule has 0 aromatic heterocycles. The van der Waals surface area contributed by atoms with Crippen molar-refractivity contribution in [2.75, 3.05) is 20.3 Å². The molecule has 0 aliphatic carbocycles. The van der Waals surface area contributed by atoms with Gasteiger partial charge in [0.2, 0.25) is 0 Å². The lowest BCUT2D eigenvalue weighted by Crippen LogP contribution is -2.44. The molecule has 0 radical (unpaired) electrons. The lowest BCUT2D eigenvalue weighted by Gasteiger charge is -2.27. The summed E-state index contributed by atoms with van der Waals surface area (Å²) in [4.78, 5) is 0. The number of hydrogen-bond donors (Lipinski definition) is 0. The number of hydrogen-bond acceptors (Lipinski definition) is 3. The Balaban J connectivity index is 2.14. The van der Waals surface area contributed by atoms with Gasteiger partial charge in [-0.2, -0.15) is 0 Å². The van der Waals surface area contributed by atoms with Gasteiger partial charge in [-0.05, 0) is 5.92 Å². The highest BCUT2D eigenvalue weighted by Gasteiger charge is 2.58. The number of fused-ring (bicyclic) bond motifs is 1. The van der Waals surface area contributed by atoms with E-state index in [1.54, 1.807) is 7.11 Å². The van der Waals surface area contributed by atoms with Gasteiger partial charge in [-0.15, -0.1) is 0 Å². The Morgan fingerprint density at radius 2 is 2.14 bits per heavy atom. The van der Waals surface area contributed by atoms with Gasteiger partial charge in [-0.1, -0.05) is 13.8 Å². The maximum absolute atomic E-state index is 14.4. The van der Waals surface area contributed by atoms with Gasteiger partial charge in [0.15, 0.2) is 5.67 Å². The number of halogens is 1. The van der Waals surface area contributed by atoms with Crippen LogP contribution in [-0.4, -0.2) is 44.3 Å². The van der Waals surface area contributed by atoms with Crippen LogP contribution in [0.4, 0.5) is 4.39 Å². The van der Waals surface area contributed by atoms with Gasteiger partial charge in [0.1, 0.15) is 18.3 Å². The fourth-order valence-corrected chi connectivity index (χ4v) is 2.19. The molecule has 0 aromatic carbocycles. The summed E-state index contributed by atoms with van der Waals surface area (Å²) in [5, 5.41) is 0. The van der Waals surface area contributed by atoms with E-state index in [2.05, 4.69) is 0 Å². The Morgan fingerprint density at radius 3 is 2.71 bits per heavy atom. The molecule has 0 bridgehead atoms. The highest BCUT2D eigenvalue weighted by Crippen LogP contribution is 2.41. The fraction of sp³-hybridized carbons (Fsp3) is 1.00. The normalized spacial score (nSPS) is 47.4. The second-order valence-corrected chi connectivity index (χ2v) is 4.39. The van der Waals surface area contributed by atoms with Crippen LogP contribution in [-0.2, 0) is 14.2 Å². The molecule has 14 heavy (non-hydrogen) atoms. The van der Waals surface area contributed by atoms with Crippen LogP contribution < -0.4 is 0 Å². The monoisotopic (exact) mass is 204 g/mol. The van der Waals surface area contributed by atoms with Gasteiger partial charge < -0.3 is 14.2 Å². The molecule has 4 atom stereocenters. The van der Waals surface area contributed by atoms with Crippen LogP contribution in [0.5, 0.6) is 0 Å². The summed E-state index contributed by atoms with van der Waals surface area (Å²) in [5.74, 6) is -0.0897. The quantitative estimate of drug-likeness (QED) is 0.675. The first kappa shape index (κ1) is 10.3. The molecule has 0 spiro atoms. The third-order valence-corrected chi connectivity index (χ3v) is 3.34. The first-order valence-corrected chi connectivity index (χ1v) is 5.04. The Morgan fingerprint density at radius 1 is 1.43 bits per heavy atom. The molecule has 0 amide bonds. The van der Waals surface area contributed by atoms with E-state index in [0.29, 0.717) is 6.61 Å². The van der Waals surface area contributed by atoms with E-state index in [9.17, 15) is 4.39 Å². The minimum Gasteiger partial charge on any atom is -0.376 e. The molecule has 2 aliphatic rings. The van der Waals surface area contributed by atoms with E-state index in [1.807, 2.05) is 13.8 Å². The van der Waals surface area contributed by atoms with Gasteiger partial charge in [0.05, 0.1) is 13.2 Å². The molecule has 2 unspecified atom stereocenters. The van der Waals surface area contributed by atoms with Gasteiger partial charge in [0, 0.05) is 7.11 Å². The third kappa shape index (κ3) is 1.28. The minimum atomic E-state index is -1.35. The van der Waals surface area contributed by atoms with Crippen LogP contribution >= 0.6 is 0 Å². The molecule has 2 aliphatic heterocycles. The summed E-state index contributed by atoms with van der Waals surface area (Å²) >= 11 is 0. The molecular formula is C10H17FO3. The van der Waals surface area contributed by atoms with Crippen molar-refractivity contribution in [2.24, 2.45) is 5.92 Å². The number of alkyl halides is 1. The highest BCUT2D eigenvalue weighted by atomic mass is 19.1. The molecule has 0 aromatic rings. The average Bonchev–Trinajstić information content (AvgIpc) is 2.68. The van der Waals surface area contributed by atoms with Crippen LogP contribution in [0.15, 0.2) is 0 Å². The minimum absolute atomic E-state index is 0.0897. The Kier molecular flexibility index (Phi) is 2.53. The molecule has 0 N–H and O–H groups in total. The van der Waals surface area contributed by atoms with E-state index in [-0.39, 0.29) is 24.7 Å². The number of ether oxygens (including phenoxy) is 3. The molecule has 2 fully saturated rings. The number of methoxy groups -OCH3 is 1. The predicted molar refractivity (Wildman–Crippen MR) is 49.0 cm³/mol. The van der Waals surface area contributed by atoms with E-state index in [0.717, 1.165) is 0 Å². The summed E-state index contributed by atoms with van der Waals surface area (Å²) in [6, 6.07) is 0. The maximum Gasteiger partial charge on any atom is 0.165 e. The zero-order chi connectivity index (χ0) is 10.3. The van der Waals surface area contributed by atoms with Crippen LogP contribution in [0.2, 0.25) is 0 Å². The van der Waals surface area contributed by atoms with Crippen molar-refractivity contribution >= 4 is 0 Å². The summed E-state index contributed by atoms with van der Waals surface area (Å²) in [6.07, 6.45) is -0.795. The SMILES string of the molecule is COC1CO[C@H]2[C@@H]1OCC2(F)C(C)C. The highest BCUT2D eigenvalue weighted by molar-refractivity contribution is 5.06. The maximum atomic E-state index is 14.4. The van der Waals surface area contributed by atoms with Gasteiger partial charge in [-0.3, -0.25) is 0 Å². The molecule has 2 saturated heterocycles. The van der Waals surface area contributed by atoms with Crippen LogP contribution in [0.25, 0.3) is 0 Å². The van der Waals surface area contributed by atoms with E-state index in [4.69, 9.17) is 14.2 Å². The van der Waals surface area contributed by atoms with Crippen molar-refractivity contribution in [2.45, 2.75) is 37.8 Å². The van der Waals surface area contributed by atoms with Gasteiger partial charge >= 0.3 is 0 Å². The second-order valence-electron chi connectivity index (χ2n) is 4.39. The van der Waals surface area contributed by atoms with Gasteiger partial charge in [0.25, 0.3) is 0 Å². The van der Waals surface area contributed by atoms with Crippen molar-refractivity contribution < 1.29 is 18.6 Å². The smallest absolute Gasteiger partial charge is 0.165 e. The molecule has 2 heterocycles. The lowest BCUT2D eigenvalue weighted by molar-refractivity contribution is -0.0458. The van der Waals surface area contributed by atoms with E-state index >= 15 is 0 Å². The summed E-state index contributed by atoms with van der Waals surface area (Å²) in [6.45, 7) is 4.27. The van der Waals surface area contributed by atoms with Crippen molar-refractivity contribution in [3.8, 4) is 0 Å². The standard InChI is InChI=1S/C10H17FO3/c1-6(2)10(11)5-14-8-7(12-3)4-13-9(8)10/h6-9H,4-5H2,1-3H3/t7?,8-,9+,10?/m1/s1. The first-order valence-electron chi connectivity index (χ1n) is 5.04. The lowest BCUT2D eigenvalue weighted by atomic mass is 9.87. The Bertz CT molecular complexity index is 221. The van der Waals surface area contributed by atoms with Crippen molar-refractivity contribution in [3.05, 3.63) is 0 Å². The van der Waals surface area contributed by atoms with Crippen molar-refractivity contribution in [1.29, 1.82) is 0 Å². The molecule has 82 valence electrons. The Hall–Kier alpha value is -0.190. The first-order chi connectivity index (χ1) is 6.59. The van der Waals surface area contributed by atoms with Gasteiger partial charge in [-0.25, -0.2) is 4.39 Å². The largest absolute Gasteiger partial charge is 0.376 e.